The Morgan fingerprint density at radius 1 is 1.22 bits per heavy atom. The lowest BCUT2D eigenvalue weighted by atomic mass is 10.1. The summed E-state index contributed by atoms with van der Waals surface area (Å²) in [4.78, 5) is 3.67. The first-order valence-electron chi connectivity index (χ1n) is 5.98. The van der Waals surface area contributed by atoms with Crippen molar-refractivity contribution in [3.05, 3.63) is 57.8 Å². The van der Waals surface area contributed by atoms with Gasteiger partial charge in [0.1, 0.15) is 0 Å². The van der Waals surface area contributed by atoms with Crippen LogP contribution in [0.3, 0.4) is 0 Å². The molecule has 0 aliphatic rings. The van der Waals surface area contributed by atoms with E-state index in [0.29, 0.717) is 0 Å². The Kier molecular flexibility index (Phi) is 4.52. The van der Waals surface area contributed by atoms with E-state index < -0.39 is 0 Å². The summed E-state index contributed by atoms with van der Waals surface area (Å²) in [7, 11) is 2.10. The highest BCUT2D eigenvalue weighted by Gasteiger charge is 2.05. The average molecular weight is 256 g/mol. The highest BCUT2D eigenvalue weighted by molar-refractivity contribution is 7.09. The van der Waals surface area contributed by atoms with Crippen LogP contribution in [0.5, 0.6) is 0 Å². The maximum atomic E-state index is 9.04. The minimum Gasteiger partial charge on any atom is -0.302 e. The number of nitrogens with zero attached hydrogens (tertiary/aromatic N) is 2. The van der Waals surface area contributed by atoms with Crippen molar-refractivity contribution in [3.8, 4) is 6.07 Å². The Hall–Kier alpha value is -1.63. The highest BCUT2D eigenvalue weighted by Crippen LogP contribution is 2.12. The van der Waals surface area contributed by atoms with Gasteiger partial charge in [-0.2, -0.15) is 5.26 Å². The molecule has 0 radical (unpaired) electrons. The first kappa shape index (κ1) is 12.8. The molecule has 2 aromatic rings. The van der Waals surface area contributed by atoms with Crippen LogP contribution in [0.25, 0.3) is 0 Å². The Labute approximate surface area is 112 Å². The summed E-state index contributed by atoms with van der Waals surface area (Å²) in [5.74, 6) is 0. The van der Waals surface area contributed by atoms with Crippen molar-refractivity contribution in [1.82, 2.24) is 4.90 Å². The van der Waals surface area contributed by atoms with Gasteiger partial charge in [-0.1, -0.05) is 24.3 Å². The number of hydrogen-bond acceptors (Lipinski definition) is 3. The predicted molar refractivity (Wildman–Crippen MR) is 75.5 cm³/mol. The van der Waals surface area contributed by atoms with Crippen LogP contribution in [0.4, 0.5) is 0 Å². The monoisotopic (exact) mass is 256 g/mol. The van der Waals surface area contributed by atoms with E-state index in [4.69, 9.17) is 5.26 Å². The molecule has 1 heterocycles. The van der Waals surface area contributed by atoms with E-state index in [2.05, 4.69) is 35.5 Å². The number of thiophene rings is 1. The second-order valence-corrected chi connectivity index (χ2v) is 5.37. The van der Waals surface area contributed by atoms with Gasteiger partial charge < -0.3 is 4.90 Å². The summed E-state index contributed by atoms with van der Waals surface area (Å²) in [5, 5.41) is 11.2. The van der Waals surface area contributed by atoms with Gasteiger partial charge in [-0.25, -0.2) is 0 Å². The minimum atomic E-state index is 0.778. The first-order valence-corrected chi connectivity index (χ1v) is 6.86. The van der Waals surface area contributed by atoms with Gasteiger partial charge in [0.2, 0.25) is 0 Å². The summed E-state index contributed by atoms with van der Waals surface area (Å²) in [6.07, 6.45) is 1.07. The maximum absolute atomic E-state index is 9.04. The molecule has 0 amide bonds. The van der Waals surface area contributed by atoms with Crippen molar-refractivity contribution in [3.63, 3.8) is 0 Å². The van der Waals surface area contributed by atoms with E-state index in [1.54, 1.807) is 11.3 Å². The van der Waals surface area contributed by atoms with Gasteiger partial charge in [0, 0.05) is 18.0 Å². The molecule has 92 valence electrons. The Bertz CT molecular complexity index is 526. The summed E-state index contributed by atoms with van der Waals surface area (Å²) in [6, 6.07) is 14.3. The molecule has 0 bridgehead atoms. The van der Waals surface area contributed by atoms with E-state index in [1.807, 2.05) is 24.3 Å². The highest BCUT2D eigenvalue weighted by atomic mass is 32.1. The average Bonchev–Trinajstić information content (AvgIpc) is 2.90. The van der Waals surface area contributed by atoms with Crippen molar-refractivity contribution in [2.24, 2.45) is 0 Å². The molecule has 0 unspecified atom stereocenters. The van der Waals surface area contributed by atoms with Crippen LogP contribution in [0.1, 0.15) is 16.0 Å². The number of rotatable bonds is 5. The molecule has 0 spiro atoms. The lowest BCUT2D eigenvalue weighted by Gasteiger charge is -2.16. The van der Waals surface area contributed by atoms with Crippen molar-refractivity contribution >= 4 is 11.3 Å². The van der Waals surface area contributed by atoms with Crippen LogP contribution in [0.2, 0.25) is 0 Å². The molecular weight excluding hydrogens is 240 g/mol. The number of benzene rings is 1. The maximum Gasteiger partial charge on any atom is 0.0995 e. The molecular formula is C15H16N2S. The Balaban J connectivity index is 1.91. The number of nitriles is 1. The fourth-order valence-corrected chi connectivity index (χ4v) is 2.59. The molecule has 0 aliphatic carbocycles. The zero-order valence-corrected chi connectivity index (χ0v) is 11.3. The fourth-order valence-electron chi connectivity index (χ4n) is 1.89. The van der Waals surface area contributed by atoms with E-state index in [-0.39, 0.29) is 0 Å². The molecule has 0 saturated carbocycles. The van der Waals surface area contributed by atoms with Crippen LogP contribution in [-0.2, 0) is 13.0 Å². The van der Waals surface area contributed by atoms with Gasteiger partial charge in [-0.05, 0) is 36.5 Å². The SMILES string of the molecule is CN(CCc1cccs1)Cc1ccccc1C#N. The molecule has 3 heteroatoms. The molecule has 1 aromatic heterocycles. The van der Waals surface area contributed by atoms with Crippen molar-refractivity contribution in [1.29, 1.82) is 5.26 Å². The van der Waals surface area contributed by atoms with Gasteiger partial charge in [0.15, 0.2) is 0 Å². The van der Waals surface area contributed by atoms with E-state index in [9.17, 15) is 0 Å². The van der Waals surface area contributed by atoms with E-state index in [1.165, 1.54) is 4.88 Å². The van der Waals surface area contributed by atoms with Gasteiger partial charge in [0.05, 0.1) is 11.6 Å². The van der Waals surface area contributed by atoms with Crippen LogP contribution in [0, 0.1) is 11.3 Å². The van der Waals surface area contributed by atoms with E-state index in [0.717, 1.165) is 30.6 Å². The lowest BCUT2D eigenvalue weighted by molar-refractivity contribution is 0.332. The molecule has 2 nitrogen and oxygen atoms in total. The molecule has 0 aliphatic heterocycles. The summed E-state index contributed by atoms with van der Waals surface area (Å²) in [6.45, 7) is 1.84. The van der Waals surface area contributed by atoms with Gasteiger partial charge in [0.25, 0.3) is 0 Å². The molecule has 0 atom stereocenters. The zero-order chi connectivity index (χ0) is 12.8. The van der Waals surface area contributed by atoms with Gasteiger partial charge >= 0.3 is 0 Å². The third-order valence-electron chi connectivity index (χ3n) is 2.90. The van der Waals surface area contributed by atoms with Crippen LogP contribution in [0.15, 0.2) is 41.8 Å². The number of likely N-dealkylation sites (N-methyl/N-ethyl adjacent to an activating group) is 1. The second-order valence-electron chi connectivity index (χ2n) is 4.34. The van der Waals surface area contributed by atoms with E-state index >= 15 is 0 Å². The number of hydrogen-bond donors (Lipinski definition) is 0. The summed E-state index contributed by atoms with van der Waals surface area (Å²) >= 11 is 1.80. The van der Waals surface area contributed by atoms with Gasteiger partial charge in [-0.3, -0.25) is 0 Å². The summed E-state index contributed by atoms with van der Waals surface area (Å²) in [5.41, 5.74) is 1.88. The quantitative estimate of drug-likeness (QED) is 0.820. The molecule has 2 rings (SSSR count). The third kappa shape index (κ3) is 3.43. The predicted octanol–water partition coefficient (Wildman–Crippen LogP) is 3.29. The topological polar surface area (TPSA) is 27.0 Å². The zero-order valence-electron chi connectivity index (χ0n) is 10.5. The van der Waals surface area contributed by atoms with Crippen molar-refractivity contribution in [2.45, 2.75) is 13.0 Å². The van der Waals surface area contributed by atoms with Crippen molar-refractivity contribution < 1.29 is 0 Å². The molecule has 1 aromatic carbocycles. The molecule has 0 fully saturated rings. The van der Waals surface area contributed by atoms with Gasteiger partial charge in [-0.15, -0.1) is 11.3 Å². The Morgan fingerprint density at radius 3 is 2.78 bits per heavy atom. The molecule has 18 heavy (non-hydrogen) atoms. The summed E-state index contributed by atoms with van der Waals surface area (Å²) < 4.78 is 0. The minimum absolute atomic E-state index is 0.778. The van der Waals surface area contributed by atoms with Crippen LogP contribution in [-0.4, -0.2) is 18.5 Å². The first-order chi connectivity index (χ1) is 8.79. The standard InChI is InChI=1S/C15H16N2S/c1-17(9-8-15-7-4-10-18-15)12-14-6-3-2-5-13(14)11-16/h2-7,10H,8-9,12H2,1H3. The molecule has 0 saturated heterocycles. The third-order valence-corrected chi connectivity index (χ3v) is 3.83. The Morgan fingerprint density at radius 2 is 2.06 bits per heavy atom. The smallest absolute Gasteiger partial charge is 0.0995 e. The largest absolute Gasteiger partial charge is 0.302 e. The fraction of sp³-hybridized carbons (Fsp3) is 0.267. The van der Waals surface area contributed by atoms with Crippen molar-refractivity contribution in [2.75, 3.05) is 13.6 Å². The normalized spacial score (nSPS) is 10.5. The lowest BCUT2D eigenvalue weighted by Crippen LogP contribution is -2.21. The van der Waals surface area contributed by atoms with Crippen LogP contribution >= 0.6 is 11.3 Å². The van der Waals surface area contributed by atoms with Crippen LogP contribution < -0.4 is 0 Å². The molecule has 0 N–H and O–H groups in total. The second kappa shape index (κ2) is 6.34.